The Labute approximate surface area is 120 Å². The molecule has 0 fully saturated rings. The Morgan fingerprint density at radius 3 is 2.68 bits per heavy atom. The van der Waals surface area contributed by atoms with E-state index in [9.17, 15) is 4.79 Å². The van der Waals surface area contributed by atoms with Crippen LogP contribution in [-0.4, -0.2) is 47.1 Å². The Kier molecular flexibility index (Phi) is 8.34. The van der Waals surface area contributed by atoms with E-state index in [1.54, 1.807) is 11.8 Å². The number of carbonyl (C=O) groups excluding carboxylic acids is 1. The highest BCUT2D eigenvalue weighted by molar-refractivity contribution is 7.99. The van der Waals surface area contributed by atoms with Crippen molar-refractivity contribution >= 4 is 17.7 Å². The molecule has 0 saturated carbocycles. The number of carbonyl (C=O) groups is 1. The second-order valence-electron chi connectivity index (χ2n) is 4.34. The molecule has 0 radical (unpaired) electrons. The lowest BCUT2D eigenvalue weighted by atomic mass is 10.2. The van der Waals surface area contributed by atoms with Crippen molar-refractivity contribution in [3.63, 3.8) is 0 Å². The molecule has 0 aliphatic carbocycles. The molecular weight excluding hydrogens is 258 g/mol. The SMILES string of the molecule is CCN(CCCO)C(=O)CSCCc1ccccc1. The van der Waals surface area contributed by atoms with E-state index in [1.165, 1.54) is 5.56 Å². The van der Waals surface area contributed by atoms with Crippen LogP contribution >= 0.6 is 11.8 Å². The Hall–Kier alpha value is -1.00. The van der Waals surface area contributed by atoms with Gasteiger partial charge in [0.05, 0.1) is 5.75 Å². The predicted octanol–water partition coefficient (Wildman–Crippen LogP) is 2.19. The fourth-order valence-electron chi connectivity index (χ4n) is 1.81. The van der Waals surface area contributed by atoms with Crippen LogP contribution in [0.25, 0.3) is 0 Å². The second kappa shape index (κ2) is 9.87. The lowest BCUT2D eigenvalue weighted by Gasteiger charge is -2.20. The van der Waals surface area contributed by atoms with Crippen molar-refractivity contribution in [1.29, 1.82) is 0 Å². The Morgan fingerprint density at radius 2 is 2.05 bits per heavy atom. The predicted molar refractivity (Wildman–Crippen MR) is 81.4 cm³/mol. The van der Waals surface area contributed by atoms with Gasteiger partial charge in [-0.15, -0.1) is 0 Å². The van der Waals surface area contributed by atoms with Gasteiger partial charge in [-0.25, -0.2) is 0 Å². The number of nitrogens with zero attached hydrogens (tertiary/aromatic N) is 1. The van der Waals surface area contributed by atoms with Gasteiger partial charge >= 0.3 is 0 Å². The van der Waals surface area contributed by atoms with Gasteiger partial charge in [0.25, 0.3) is 0 Å². The third kappa shape index (κ3) is 6.64. The summed E-state index contributed by atoms with van der Waals surface area (Å²) in [6.07, 6.45) is 1.66. The Bertz CT molecular complexity index is 356. The van der Waals surface area contributed by atoms with Gasteiger partial charge in [-0.2, -0.15) is 11.8 Å². The van der Waals surface area contributed by atoms with Crippen molar-refractivity contribution in [2.24, 2.45) is 0 Å². The van der Waals surface area contributed by atoms with Gasteiger partial charge in [-0.05, 0) is 31.1 Å². The maximum atomic E-state index is 11.9. The minimum Gasteiger partial charge on any atom is -0.396 e. The number of hydrogen-bond acceptors (Lipinski definition) is 3. The van der Waals surface area contributed by atoms with Crippen LogP contribution in [0, 0.1) is 0 Å². The van der Waals surface area contributed by atoms with Crippen molar-refractivity contribution in [3.8, 4) is 0 Å². The van der Waals surface area contributed by atoms with Gasteiger partial charge in [-0.3, -0.25) is 4.79 Å². The summed E-state index contributed by atoms with van der Waals surface area (Å²) in [5.74, 6) is 1.67. The molecule has 0 atom stereocenters. The van der Waals surface area contributed by atoms with Crippen LogP contribution in [0.3, 0.4) is 0 Å². The van der Waals surface area contributed by atoms with Crippen LogP contribution in [0.4, 0.5) is 0 Å². The molecule has 0 heterocycles. The molecule has 0 unspecified atom stereocenters. The summed E-state index contributed by atoms with van der Waals surface area (Å²) in [5.41, 5.74) is 1.31. The molecule has 4 heteroatoms. The number of aliphatic hydroxyl groups excluding tert-OH is 1. The molecule has 0 aromatic heterocycles. The molecule has 1 aromatic rings. The van der Waals surface area contributed by atoms with Crippen LogP contribution in [0.15, 0.2) is 30.3 Å². The monoisotopic (exact) mass is 281 g/mol. The highest BCUT2D eigenvalue weighted by Gasteiger charge is 2.10. The molecule has 0 saturated heterocycles. The van der Waals surface area contributed by atoms with E-state index in [2.05, 4.69) is 12.1 Å². The third-order valence-corrected chi connectivity index (χ3v) is 3.87. The van der Waals surface area contributed by atoms with E-state index in [4.69, 9.17) is 5.11 Å². The zero-order chi connectivity index (χ0) is 13.9. The van der Waals surface area contributed by atoms with Crippen LogP contribution in [0.2, 0.25) is 0 Å². The molecule has 106 valence electrons. The molecule has 3 nitrogen and oxygen atoms in total. The van der Waals surface area contributed by atoms with Crippen molar-refractivity contribution in [1.82, 2.24) is 4.90 Å². The van der Waals surface area contributed by atoms with Crippen molar-refractivity contribution in [3.05, 3.63) is 35.9 Å². The van der Waals surface area contributed by atoms with Gasteiger partial charge < -0.3 is 10.0 Å². The summed E-state index contributed by atoms with van der Waals surface area (Å²) in [5, 5.41) is 8.79. The van der Waals surface area contributed by atoms with Gasteiger partial charge in [0.1, 0.15) is 0 Å². The number of benzene rings is 1. The summed E-state index contributed by atoms with van der Waals surface area (Å²) in [4.78, 5) is 13.7. The minimum absolute atomic E-state index is 0.144. The highest BCUT2D eigenvalue weighted by atomic mass is 32.2. The van der Waals surface area contributed by atoms with Crippen molar-refractivity contribution in [2.45, 2.75) is 19.8 Å². The average Bonchev–Trinajstić information content (AvgIpc) is 2.45. The largest absolute Gasteiger partial charge is 0.396 e. The molecule has 0 spiro atoms. The highest BCUT2D eigenvalue weighted by Crippen LogP contribution is 2.08. The van der Waals surface area contributed by atoms with E-state index < -0.39 is 0 Å². The second-order valence-corrected chi connectivity index (χ2v) is 5.44. The maximum absolute atomic E-state index is 11.9. The Balaban J connectivity index is 2.19. The molecule has 1 N–H and O–H groups in total. The summed E-state index contributed by atoms with van der Waals surface area (Å²) in [7, 11) is 0. The minimum atomic E-state index is 0.144. The molecule has 1 rings (SSSR count). The summed E-state index contributed by atoms with van der Waals surface area (Å²) in [6.45, 7) is 3.50. The first-order valence-corrected chi connectivity index (χ1v) is 7.93. The van der Waals surface area contributed by atoms with Gasteiger partial charge in [0, 0.05) is 19.7 Å². The first-order chi connectivity index (χ1) is 9.27. The van der Waals surface area contributed by atoms with Crippen LogP contribution in [0.1, 0.15) is 18.9 Å². The van der Waals surface area contributed by atoms with Gasteiger partial charge in [-0.1, -0.05) is 30.3 Å². The zero-order valence-corrected chi connectivity index (χ0v) is 12.4. The quantitative estimate of drug-likeness (QED) is 0.705. The van der Waals surface area contributed by atoms with Crippen molar-refractivity contribution < 1.29 is 9.90 Å². The van der Waals surface area contributed by atoms with E-state index in [0.717, 1.165) is 18.7 Å². The number of amides is 1. The van der Waals surface area contributed by atoms with Gasteiger partial charge in [0.2, 0.25) is 5.91 Å². The topological polar surface area (TPSA) is 40.5 Å². The first-order valence-electron chi connectivity index (χ1n) is 6.78. The molecule has 0 bridgehead atoms. The van der Waals surface area contributed by atoms with E-state index in [1.807, 2.05) is 30.0 Å². The van der Waals surface area contributed by atoms with Gasteiger partial charge in [0.15, 0.2) is 0 Å². The number of aliphatic hydroxyl groups is 1. The molecule has 1 amide bonds. The summed E-state index contributed by atoms with van der Waals surface area (Å²) >= 11 is 1.68. The average molecular weight is 281 g/mol. The number of hydrogen-bond donors (Lipinski definition) is 1. The molecular formula is C15H23NO2S. The Morgan fingerprint density at radius 1 is 1.32 bits per heavy atom. The van der Waals surface area contributed by atoms with Crippen LogP contribution in [0.5, 0.6) is 0 Å². The molecule has 1 aromatic carbocycles. The zero-order valence-electron chi connectivity index (χ0n) is 11.5. The van der Waals surface area contributed by atoms with Crippen molar-refractivity contribution in [2.75, 3.05) is 31.2 Å². The fourth-order valence-corrected chi connectivity index (χ4v) is 2.69. The van der Waals surface area contributed by atoms with E-state index in [0.29, 0.717) is 18.7 Å². The lowest BCUT2D eigenvalue weighted by molar-refractivity contribution is -0.128. The maximum Gasteiger partial charge on any atom is 0.232 e. The fraction of sp³-hybridized carbons (Fsp3) is 0.533. The lowest BCUT2D eigenvalue weighted by Crippen LogP contribution is -2.33. The van der Waals surface area contributed by atoms with Crippen LogP contribution in [-0.2, 0) is 11.2 Å². The normalized spacial score (nSPS) is 10.4. The smallest absolute Gasteiger partial charge is 0.232 e. The first kappa shape index (κ1) is 16.1. The third-order valence-electron chi connectivity index (χ3n) is 2.92. The standard InChI is InChI=1S/C15H23NO2S/c1-2-16(10-6-11-17)15(18)13-19-12-9-14-7-4-3-5-8-14/h3-5,7-8,17H,2,6,9-13H2,1H3. The summed E-state index contributed by atoms with van der Waals surface area (Å²) < 4.78 is 0. The molecule has 19 heavy (non-hydrogen) atoms. The summed E-state index contributed by atoms with van der Waals surface area (Å²) in [6, 6.07) is 10.3. The molecule has 0 aliphatic rings. The van der Waals surface area contributed by atoms with E-state index >= 15 is 0 Å². The molecule has 0 aliphatic heterocycles. The van der Waals surface area contributed by atoms with E-state index in [-0.39, 0.29) is 12.5 Å². The van der Waals surface area contributed by atoms with Crippen LogP contribution < -0.4 is 0 Å². The number of aryl methyl sites for hydroxylation is 1. The number of rotatable bonds is 9. The number of thioether (sulfide) groups is 1.